The Hall–Kier alpha value is -2.29. The summed E-state index contributed by atoms with van der Waals surface area (Å²) in [7, 11) is -1.52. The summed E-state index contributed by atoms with van der Waals surface area (Å²) in [5.74, 6) is -0.518. The predicted molar refractivity (Wildman–Crippen MR) is 113 cm³/mol. The number of aromatic nitrogens is 1. The second kappa shape index (κ2) is 7.19. The summed E-state index contributed by atoms with van der Waals surface area (Å²) >= 11 is 12.7. The van der Waals surface area contributed by atoms with Crippen molar-refractivity contribution >= 4 is 55.5 Å². The van der Waals surface area contributed by atoms with E-state index in [9.17, 15) is 18.3 Å². The van der Waals surface area contributed by atoms with Gasteiger partial charge in [-0.1, -0.05) is 35.3 Å². The van der Waals surface area contributed by atoms with Gasteiger partial charge >= 0.3 is 6.09 Å². The van der Waals surface area contributed by atoms with E-state index in [-0.39, 0.29) is 31.9 Å². The van der Waals surface area contributed by atoms with Gasteiger partial charge in [-0.15, -0.1) is 0 Å². The number of fused-ring (bicyclic) bond motifs is 1. The monoisotopic (exact) mass is 456 g/mol. The number of sulfone groups is 1. The van der Waals surface area contributed by atoms with E-state index in [1.165, 1.54) is 46.3 Å². The van der Waals surface area contributed by atoms with E-state index < -0.39 is 26.4 Å². The Kier molecular flexibility index (Phi) is 5.31. The van der Waals surface area contributed by atoms with Crippen molar-refractivity contribution in [1.29, 1.82) is 0 Å². The number of ether oxygens (including phenoxy) is 1. The number of nitrogens with zero attached hydrogens (tertiary/aromatic N) is 2. The molecule has 2 heterocycles. The zero-order chi connectivity index (χ0) is 21.7. The lowest BCUT2D eigenvalue weighted by molar-refractivity contribution is 0.180. The average Bonchev–Trinajstić information content (AvgIpc) is 2.67. The van der Waals surface area contributed by atoms with Crippen LogP contribution in [-0.2, 0) is 19.3 Å². The SMILES string of the molecule is COC(=O)N(C)c1c(Cl)ccc(C2=C(O)c3ncccc3C(C)(C)S2(=O)=O)c1Cl. The number of amides is 1. The van der Waals surface area contributed by atoms with E-state index in [4.69, 9.17) is 23.2 Å². The molecule has 0 unspecified atom stereocenters. The van der Waals surface area contributed by atoms with E-state index in [1.807, 2.05) is 0 Å². The molecule has 0 spiro atoms. The van der Waals surface area contributed by atoms with Crippen LogP contribution in [0.2, 0.25) is 10.0 Å². The number of benzene rings is 1. The topological polar surface area (TPSA) is 96.8 Å². The Morgan fingerprint density at radius 1 is 1.24 bits per heavy atom. The van der Waals surface area contributed by atoms with Gasteiger partial charge < -0.3 is 9.84 Å². The zero-order valence-electron chi connectivity index (χ0n) is 16.0. The number of aliphatic hydroxyl groups is 1. The molecule has 154 valence electrons. The van der Waals surface area contributed by atoms with Crippen molar-refractivity contribution in [3.63, 3.8) is 0 Å². The Morgan fingerprint density at radius 3 is 2.52 bits per heavy atom. The molecule has 0 aliphatic carbocycles. The minimum atomic E-state index is -4.09. The van der Waals surface area contributed by atoms with Crippen molar-refractivity contribution < 1.29 is 23.1 Å². The fraction of sp³-hybridized carbons (Fsp3) is 0.263. The number of pyridine rings is 1. The largest absolute Gasteiger partial charge is 0.504 e. The molecule has 2 aromatic rings. The summed E-state index contributed by atoms with van der Waals surface area (Å²) in [6.45, 7) is 3.06. The molecule has 0 radical (unpaired) electrons. The van der Waals surface area contributed by atoms with E-state index in [0.717, 1.165) is 4.90 Å². The number of carbonyl (C=O) groups is 1. The molecule has 1 aromatic carbocycles. The van der Waals surface area contributed by atoms with Crippen molar-refractivity contribution in [3.8, 4) is 0 Å². The van der Waals surface area contributed by atoms with Crippen molar-refractivity contribution in [1.82, 2.24) is 4.98 Å². The first kappa shape index (κ1) is 21.4. The minimum Gasteiger partial charge on any atom is -0.504 e. The summed E-state index contributed by atoms with van der Waals surface area (Å²) in [6, 6.07) is 5.99. The number of hydrogen-bond acceptors (Lipinski definition) is 6. The van der Waals surface area contributed by atoms with Crippen molar-refractivity contribution in [2.24, 2.45) is 0 Å². The van der Waals surface area contributed by atoms with Gasteiger partial charge in [-0.3, -0.25) is 9.88 Å². The smallest absolute Gasteiger partial charge is 0.413 e. The number of aliphatic hydroxyl groups excluding tert-OH is 1. The molecule has 0 atom stereocenters. The normalized spacial score (nSPS) is 16.9. The fourth-order valence-electron chi connectivity index (χ4n) is 3.24. The van der Waals surface area contributed by atoms with Crippen LogP contribution < -0.4 is 4.90 Å². The van der Waals surface area contributed by atoms with E-state index in [1.54, 1.807) is 12.1 Å². The highest BCUT2D eigenvalue weighted by molar-refractivity contribution is 8.01. The Morgan fingerprint density at radius 2 is 1.90 bits per heavy atom. The standard InChI is InChI=1S/C19H18Cl2N2O5S/c1-19(2)11-6-5-9-22-14(11)16(24)17(29(19,26)27)10-7-8-12(20)15(13(10)21)23(3)18(25)28-4/h5-9,24H,1-4H3. The third-order valence-electron chi connectivity index (χ3n) is 4.93. The van der Waals surface area contributed by atoms with Gasteiger partial charge in [-0.2, -0.15) is 0 Å². The van der Waals surface area contributed by atoms with E-state index in [2.05, 4.69) is 9.72 Å². The summed E-state index contributed by atoms with van der Waals surface area (Å²) in [6.07, 6.45) is 0.712. The lowest BCUT2D eigenvalue weighted by Gasteiger charge is -2.33. The molecule has 7 nitrogen and oxygen atoms in total. The van der Waals surface area contributed by atoms with Crippen LogP contribution >= 0.6 is 23.2 Å². The second-order valence-corrected chi connectivity index (χ2v) is 10.1. The van der Waals surface area contributed by atoms with Crippen molar-refractivity contribution in [2.45, 2.75) is 18.6 Å². The van der Waals surface area contributed by atoms with Gasteiger partial charge in [-0.05, 0) is 26.0 Å². The number of halogens is 2. The van der Waals surface area contributed by atoms with Crippen LogP contribution in [0.5, 0.6) is 0 Å². The lowest BCUT2D eigenvalue weighted by atomic mass is 9.98. The van der Waals surface area contributed by atoms with Gasteiger partial charge in [-0.25, -0.2) is 13.2 Å². The first-order chi connectivity index (χ1) is 13.5. The second-order valence-electron chi connectivity index (χ2n) is 6.88. The molecule has 10 heteroatoms. The third kappa shape index (κ3) is 3.06. The molecule has 3 rings (SSSR count). The molecule has 1 aromatic heterocycles. The maximum Gasteiger partial charge on any atom is 0.413 e. The van der Waals surface area contributed by atoms with Gasteiger partial charge in [0, 0.05) is 24.4 Å². The van der Waals surface area contributed by atoms with Gasteiger partial charge in [0.25, 0.3) is 0 Å². The highest BCUT2D eigenvalue weighted by atomic mass is 35.5. The fourth-order valence-corrected chi connectivity index (χ4v) is 5.79. The van der Waals surface area contributed by atoms with Crippen LogP contribution in [0.25, 0.3) is 10.7 Å². The summed E-state index contributed by atoms with van der Waals surface area (Å²) in [4.78, 5) is 16.8. The molecule has 1 aliphatic heterocycles. The highest BCUT2D eigenvalue weighted by Crippen LogP contribution is 2.50. The summed E-state index contributed by atoms with van der Waals surface area (Å²) in [5, 5.41) is 10.9. The first-order valence-corrected chi connectivity index (χ1v) is 10.6. The summed E-state index contributed by atoms with van der Waals surface area (Å²) in [5.41, 5.74) is 0.580. The number of methoxy groups -OCH3 is 1. The van der Waals surface area contributed by atoms with E-state index in [0.29, 0.717) is 5.56 Å². The quantitative estimate of drug-likeness (QED) is 0.706. The number of anilines is 1. The molecule has 0 saturated heterocycles. The third-order valence-corrected chi connectivity index (χ3v) is 8.13. The molecule has 0 bridgehead atoms. The molecular weight excluding hydrogens is 439 g/mol. The van der Waals surface area contributed by atoms with Gasteiger partial charge in [0.1, 0.15) is 10.6 Å². The lowest BCUT2D eigenvalue weighted by Crippen LogP contribution is -2.35. The van der Waals surface area contributed by atoms with Gasteiger partial charge in [0.2, 0.25) is 0 Å². The molecule has 0 saturated carbocycles. The summed E-state index contributed by atoms with van der Waals surface area (Å²) < 4.78 is 30.3. The van der Waals surface area contributed by atoms with Gasteiger partial charge in [0.05, 0.1) is 27.6 Å². The molecule has 1 amide bonds. The first-order valence-electron chi connectivity index (χ1n) is 8.40. The van der Waals surface area contributed by atoms with Crippen molar-refractivity contribution in [2.75, 3.05) is 19.1 Å². The Balaban J connectivity index is 2.38. The Bertz CT molecular complexity index is 1160. The molecular formula is C19H18Cl2N2O5S. The maximum atomic E-state index is 13.5. The highest BCUT2D eigenvalue weighted by Gasteiger charge is 2.48. The molecule has 1 aliphatic rings. The average molecular weight is 457 g/mol. The van der Waals surface area contributed by atoms with Crippen LogP contribution in [0.3, 0.4) is 0 Å². The van der Waals surface area contributed by atoms with Crippen LogP contribution in [0, 0.1) is 0 Å². The Labute approximate surface area is 178 Å². The number of hydrogen-bond donors (Lipinski definition) is 1. The van der Waals surface area contributed by atoms with Crippen LogP contribution in [0.15, 0.2) is 30.5 Å². The number of rotatable bonds is 2. The maximum absolute atomic E-state index is 13.5. The van der Waals surface area contributed by atoms with Crippen LogP contribution in [-0.4, -0.2) is 38.8 Å². The number of carbonyl (C=O) groups excluding carboxylic acids is 1. The predicted octanol–water partition coefficient (Wildman–Crippen LogP) is 4.64. The van der Waals surface area contributed by atoms with Crippen LogP contribution in [0.4, 0.5) is 10.5 Å². The van der Waals surface area contributed by atoms with Crippen LogP contribution in [0.1, 0.15) is 30.7 Å². The molecule has 1 N–H and O–H groups in total. The van der Waals surface area contributed by atoms with Crippen molar-refractivity contribution in [3.05, 3.63) is 57.3 Å². The van der Waals surface area contributed by atoms with E-state index >= 15 is 0 Å². The molecule has 29 heavy (non-hydrogen) atoms. The minimum absolute atomic E-state index is 0.00342. The zero-order valence-corrected chi connectivity index (χ0v) is 18.4. The molecule has 0 fully saturated rings. The van der Waals surface area contributed by atoms with Gasteiger partial charge in [0.15, 0.2) is 15.6 Å².